The third kappa shape index (κ3) is 2.60. The van der Waals surface area contributed by atoms with Crippen molar-refractivity contribution >= 4 is 23.1 Å². The van der Waals surface area contributed by atoms with Crippen LogP contribution in [0.5, 0.6) is 0 Å². The first-order valence-corrected chi connectivity index (χ1v) is 8.01. The molecule has 3 rings (SSSR count). The van der Waals surface area contributed by atoms with E-state index in [2.05, 4.69) is 0 Å². The molecule has 4 heteroatoms. The minimum absolute atomic E-state index is 0.256. The van der Waals surface area contributed by atoms with Crippen molar-refractivity contribution in [1.29, 1.82) is 0 Å². The van der Waals surface area contributed by atoms with Crippen LogP contribution in [-0.2, 0) is 9.59 Å². The minimum atomic E-state index is -0.263. The third-order valence-electron chi connectivity index (χ3n) is 4.26. The number of imide groups is 1. The molecule has 4 nitrogen and oxygen atoms in total. The van der Waals surface area contributed by atoms with Crippen LogP contribution in [0.3, 0.4) is 0 Å². The quantitative estimate of drug-likeness (QED) is 0.812. The second-order valence-electron chi connectivity index (χ2n) is 5.84. The number of amides is 2. The van der Waals surface area contributed by atoms with Crippen LogP contribution < -0.4 is 4.90 Å². The van der Waals surface area contributed by atoms with Crippen LogP contribution in [0.2, 0.25) is 0 Å². The summed E-state index contributed by atoms with van der Waals surface area (Å²) in [7, 11) is 1.53. The lowest BCUT2D eigenvalue weighted by Crippen LogP contribution is -2.32. The molecule has 0 spiro atoms. The van der Waals surface area contributed by atoms with Gasteiger partial charge in [-0.2, -0.15) is 0 Å². The third-order valence-corrected chi connectivity index (χ3v) is 4.26. The van der Waals surface area contributed by atoms with Crippen LogP contribution in [0.1, 0.15) is 18.1 Å². The molecule has 0 saturated carbocycles. The zero-order valence-electron chi connectivity index (χ0n) is 14.1. The monoisotopic (exact) mass is 320 g/mol. The highest BCUT2D eigenvalue weighted by Crippen LogP contribution is 2.33. The average molecular weight is 320 g/mol. The lowest BCUT2D eigenvalue weighted by atomic mass is 10.0. The Balaban J connectivity index is 2.19. The Morgan fingerprint density at radius 2 is 1.54 bits per heavy atom. The fourth-order valence-corrected chi connectivity index (χ4v) is 2.94. The van der Waals surface area contributed by atoms with Gasteiger partial charge < -0.3 is 4.90 Å². The molecule has 0 fully saturated rings. The van der Waals surface area contributed by atoms with Gasteiger partial charge in [-0.05, 0) is 31.5 Å². The standard InChI is InChI=1S/C20H20N2O2/c1-4-22(16-8-6-5-7-9-16)18-17(19(23)21(3)20(18)24)15-12-10-14(2)11-13-15/h5-13H,4H2,1-3H3. The van der Waals surface area contributed by atoms with Crippen molar-refractivity contribution < 1.29 is 9.59 Å². The summed E-state index contributed by atoms with van der Waals surface area (Å²) in [6.45, 7) is 4.57. The van der Waals surface area contributed by atoms with Crippen LogP contribution in [0.4, 0.5) is 5.69 Å². The first-order chi connectivity index (χ1) is 11.5. The summed E-state index contributed by atoms with van der Waals surface area (Å²) in [5.74, 6) is -0.519. The number of hydrogen-bond acceptors (Lipinski definition) is 3. The van der Waals surface area contributed by atoms with E-state index in [4.69, 9.17) is 0 Å². The van der Waals surface area contributed by atoms with Gasteiger partial charge in [0.25, 0.3) is 11.8 Å². The Morgan fingerprint density at radius 3 is 2.12 bits per heavy atom. The molecule has 122 valence electrons. The van der Waals surface area contributed by atoms with E-state index >= 15 is 0 Å². The molecular weight excluding hydrogens is 300 g/mol. The normalized spacial score (nSPS) is 14.5. The highest BCUT2D eigenvalue weighted by molar-refractivity contribution is 6.36. The summed E-state index contributed by atoms with van der Waals surface area (Å²) in [6.07, 6.45) is 0. The van der Waals surface area contributed by atoms with Gasteiger partial charge in [-0.3, -0.25) is 14.5 Å². The summed E-state index contributed by atoms with van der Waals surface area (Å²) in [5, 5.41) is 0. The molecule has 0 radical (unpaired) electrons. The van der Waals surface area contributed by atoms with E-state index < -0.39 is 0 Å². The fraction of sp³-hybridized carbons (Fsp3) is 0.200. The zero-order chi connectivity index (χ0) is 17.3. The van der Waals surface area contributed by atoms with Gasteiger partial charge in [0.2, 0.25) is 0 Å². The molecule has 2 amide bonds. The smallest absolute Gasteiger partial charge is 0.277 e. The first-order valence-electron chi connectivity index (χ1n) is 8.01. The van der Waals surface area contributed by atoms with Crippen molar-refractivity contribution in [3.8, 4) is 0 Å². The number of anilines is 1. The topological polar surface area (TPSA) is 40.6 Å². The highest BCUT2D eigenvalue weighted by Gasteiger charge is 2.39. The van der Waals surface area contributed by atoms with Crippen LogP contribution in [0.15, 0.2) is 60.3 Å². The molecule has 0 bridgehead atoms. The molecule has 1 aliphatic heterocycles. The Labute approximate surface area is 142 Å². The van der Waals surface area contributed by atoms with Gasteiger partial charge in [0.15, 0.2) is 0 Å². The molecular formula is C20H20N2O2. The molecule has 0 aliphatic carbocycles. The number of para-hydroxylation sites is 1. The molecule has 0 aromatic heterocycles. The number of rotatable bonds is 4. The Morgan fingerprint density at radius 1 is 0.917 bits per heavy atom. The zero-order valence-corrected chi connectivity index (χ0v) is 14.1. The van der Waals surface area contributed by atoms with Crippen LogP contribution >= 0.6 is 0 Å². The lowest BCUT2D eigenvalue weighted by Gasteiger charge is -2.24. The van der Waals surface area contributed by atoms with Crippen molar-refractivity contribution in [2.45, 2.75) is 13.8 Å². The molecule has 1 aliphatic rings. The maximum atomic E-state index is 12.7. The van der Waals surface area contributed by atoms with Gasteiger partial charge in [0, 0.05) is 19.3 Å². The summed E-state index contributed by atoms with van der Waals surface area (Å²) < 4.78 is 0. The van der Waals surface area contributed by atoms with Crippen molar-refractivity contribution in [1.82, 2.24) is 4.90 Å². The van der Waals surface area contributed by atoms with E-state index in [1.807, 2.05) is 73.3 Å². The van der Waals surface area contributed by atoms with Crippen LogP contribution in [-0.4, -0.2) is 30.3 Å². The Kier molecular flexibility index (Phi) is 4.21. The fourth-order valence-electron chi connectivity index (χ4n) is 2.94. The van der Waals surface area contributed by atoms with Gasteiger partial charge in [0.05, 0.1) is 5.57 Å². The maximum Gasteiger partial charge on any atom is 0.277 e. The highest BCUT2D eigenvalue weighted by atomic mass is 16.2. The molecule has 0 atom stereocenters. The van der Waals surface area contributed by atoms with Crippen molar-refractivity contribution in [2.24, 2.45) is 0 Å². The largest absolute Gasteiger partial charge is 0.337 e. The van der Waals surface area contributed by atoms with Crippen LogP contribution in [0, 0.1) is 6.92 Å². The van der Waals surface area contributed by atoms with E-state index in [0.717, 1.165) is 16.8 Å². The molecule has 24 heavy (non-hydrogen) atoms. The molecule has 1 heterocycles. The first kappa shape index (κ1) is 16.0. The van der Waals surface area contributed by atoms with Gasteiger partial charge in [-0.25, -0.2) is 0 Å². The van der Waals surface area contributed by atoms with E-state index in [0.29, 0.717) is 17.8 Å². The second-order valence-corrected chi connectivity index (χ2v) is 5.84. The number of likely N-dealkylation sites (N-methyl/N-ethyl adjacent to an activating group) is 2. The maximum absolute atomic E-state index is 12.7. The number of carbonyl (C=O) groups excluding carboxylic acids is 2. The summed E-state index contributed by atoms with van der Waals surface area (Å²) in [6, 6.07) is 17.4. The molecule has 0 N–H and O–H groups in total. The van der Waals surface area contributed by atoms with E-state index in [1.54, 1.807) is 0 Å². The van der Waals surface area contributed by atoms with Crippen molar-refractivity contribution in [3.05, 3.63) is 71.4 Å². The van der Waals surface area contributed by atoms with Gasteiger partial charge >= 0.3 is 0 Å². The molecule has 2 aromatic carbocycles. The summed E-state index contributed by atoms with van der Waals surface area (Å²) in [4.78, 5) is 28.5. The second kappa shape index (κ2) is 6.32. The van der Waals surface area contributed by atoms with Crippen molar-refractivity contribution in [2.75, 3.05) is 18.5 Å². The Bertz CT molecular complexity index is 807. The molecule has 0 unspecified atom stereocenters. The number of carbonyl (C=O) groups is 2. The van der Waals surface area contributed by atoms with E-state index in [1.165, 1.54) is 11.9 Å². The lowest BCUT2D eigenvalue weighted by molar-refractivity contribution is -0.135. The van der Waals surface area contributed by atoms with Crippen molar-refractivity contribution in [3.63, 3.8) is 0 Å². The van der Waals surface area contributed by atoms with Crippen LogP contribution in [0.25, 0.3) is 5.57 Å². The van der Waals surface area contributed by atoms with E-state index in [9.17, 15) is 9.59 Å². The average Bonchev–Trinajstić information content (AvgIpc) is 2.82. The predicted molar refractivity (Wildman–Crippen MR) is 95.3 cm³/mol. The predicted octanol–water partition coefficient (Wildman–Crippen LogP) is 3.23. The minimum Gasteiger partial charge on any atom is -0.337 e. The van der Waals surface area contributed by atoms with Gasteiger partial charge in [-0.15, -0.1) is 0 Å². The number of hydrogen-bond donors (Lipinski definition) is 0. The summed E-state index contributed by atoms with van der Waals surface area (Å²) >= 11 is 0. The molecule has 2 aromatic rings. The Hall–Kier alpha value is -2.88. The van der Waals surface area contributed by atoms with Gasteiger partial charge in [0.1, 0.15) is 5.70 Å². The SMILES string of the molecule is CCN(C1=C(c2ccc(C)cc2)C(=O)N(C)C1=O)c1ccccc1. The summed E-state index contributed by atoms with van der Waals surface area (Å²) in [5.41, 5.74) is 3.69. The van der Waals surface area contributed by atoms with E-state index in [-0.39, 0.29) is 11.8 Å². The molecule has 0 saturated heterocycles. The number of benzene rings is 2. The van der Waals surface area contributed by atoms with Gasteiger partial charge in [-0.1, -0.05) is 48.0 Å². The number of nitrogens with zero attached hydrogens (tertiary/aromatic N) is 2. The number of aryl methyl sites for hydroxylation is 1.